The smallest absolute Gasteiger partial charge is 0.350 e. The molecule has 1 unspecified atom stereocenters. The Balaban J connectivity index is 1.63. The Kier molecular flexibility index (Phi) is 8.53. The van der Waals surface area contributed by atoms with Crippen LogP contribution in [0.25, 0.3) is 0 Å². The van der Waals surface area contributed by atoms with Crippen LogP contribution in [0.2, 0.25) is 0 Å². The quantitative estimate of drug-likeness (QED) is 0.307. The Bertz CT molecular complexity index is 994. The van der Waals surface area contributed by atoms with E-state index in [0.29, 0.717) is 37.7 Å². The van der Waals surface area contributed by atoms with Crippen LogP contribution in [0, 0.1) is 0 Å². The minimum atomic E-state index is -1.07. The molecule has 4 nitrogen and oxygen atoms in total. The Morgan fingerprint density at radius 1 is 0.848 bits per heavy atom. The zero-order chi connectivity index (χ0) is 23.7. The maximum absolute atomic E-state index is 12.8. The maximum Gasteiger partial charge on any atom is 0.350 e. The Labute approximate surface area is 197 Å². The molecule has 174 valence electrons. The molecule has 0 aromatic heterocycles. The topological polar surface area (TPSA) is 44.8 Å². The van der Waals surface area contributed by atoms with E-state index >= 15 is 0 Å². The number of esters is 1. The maximum atomic E-state index is 12.8. The molecule has 0 fully saturated rings. The highest BCUT2D eigenvalue weighted by Crippen LogP contribution is 2.27. The third-order valence-corrected chi connectivity index (χ3v) is 5.66. The number of hydrogen-bond acceptors (Lipinski definition) is 4. The van der Waals surface area contributed by atoms with Gasteiger partial charge in [0.05, 0.1) is 6.61 Å². The molecule has 0 amide bonds. The normalized spacial score (nSPS) is 12.8. The summed E-state index contributed by atoms with van der Waals surface area (Å²) < 4.78 is 17.4. The SMILES string of the molecule is CCOC(=O)C(C)(CCc1ccc(OCc2ccccc2)cc1)Oc1ccc(C(C)C)cc1. The average Bonchev–Trinajstić information content (AvgIpc) is 2.83. The molecular formula is C29H34O4. The number of rotatable bonds is 11. The molecule has 0 aliphatic rings. The van der Waals surface area contributed by atoms with Crippen LogP contribution < -0.4 is 9.47 Å². The largest absolute Gasteiger partial charge is 0.489 e. The summed E-state index contributed by atoms with van der Waals surface area (Å²) in [7, 11) is 0. The molecule has 0 saturated carbocycles. The van der Waals surface area contributed by atoms with Gasteiger partial charge in [0.15, 0.2) is 0 Å². The van der Waals surface area contributed by atoms with Crippen LogP contribution in [-0.2, 0) is 22.6 Å². The van der Waals surface area contributed by atoms with Crippen molar-refractivity contribution in [1.29, 1.82) is 0 Å². The first-order chi connectivity index (χ1) is 15.9. The number of benzene rings is 3. The van der Waals surface area contributed by atoms with Gasteiger partial charge in [-0.25, -0.2) is 4.79 Å². The summed E-state index contributed by atoms with van der Waals surface area (Å²) in [5.41, 5.74) is 2.40. The number of carbonyl (C=O) groups is 1. The Hall–Kier alpha value is -3.27. The van der Waals surface area contributed by atoms with Crippen molar-refractivity contribution in [1.82, 2.24) is 0 Å². The summed E-state index contributed by atoms with van der Waals surface area (Å²) in [6, 6.07) is 26.0. The molecular weight excluding hydrogens is 412 g/mol. The van der Waals surface area contributed by atoms with Crippen LogP contribution in [0.3, 0.4) is 0 Å². The van der Waals surface area contributed by atoms with E-state index in [1.165, 1.54) is 5.56 Å². The van der Waals surface area contributed by atoms with Gasteiger partial charge < -0.3 is 14.2 Å². The fourth-order valence-corrected chi connectivity index (χ4v) is 3.54. The predicted molar refractivity (Wildman–Crippen MR) is 132 cm³/mol. The number of hydrogen-bond donors (Lipinski definition) is 0. The molecule has 3 rings (SSSR count). The van der Waals surface area contributed by atoms with Crippen molar-refractivity contribution in [2.75, 3.05) is 6.61 Å². The van der Waals surface area contributed by atoms with Crippen LogP contribution >= 0.6 is 0 Å². The lowest BCUT2D eigenvalue weighted by molar-refractivity contribution is -0.160. The summed E-state index contributed by atoms with van der Waals surface area (Å²) in [6.45, 7) is 8.76. The van der Waals surface area contributed by atoms with E-state index in [4.69, 9.17) is 14.2 Å². The van der Waals surface area contributed by atoms with Gasteiger partial charge in [0.1, 0.15) is 18.1 Å². The van der Waals surface area contributed by atoms with Gasteiger partial charge >= 0.3 is 5.97 Å². The first-order valence-corrected chi connectivity index (χ1v) is 11.6. The third-order valence-electron chi connectivity index (χ3n) is 5.66. The molecule has 3 aromatic rings. The van der Waals surface area contributed by atoms with Crippen LogP contribution in [0.5, 0.6) is 11.5 Å². The molecule has 0 aliphatic heterocycles. The van der Waals surface area contributed by atoms with E-state index in [2.05, 4.69) is 13.8 Å². The highest BCUT2D eigenvalue weighted by atomic mass is 16.6. The van der Waals surface area contributed by atoms with Gasteiger partial charge in [-0.15, -0.1) is 0 Å². The molecule has 3 aromatic carbocycles. The molecule has 0 radical (unpaired) electrons. The molecule has 0 heterocycles. The third kappa shape index (κ3) is 7.11. The molecule has 0 saturated heterocycles. The average molecular weight is 447 g/mol. The molecule has 33 heavy (non-hydrogen) atoms. The monoisotopic (exact) mass is 446 g/mol. The van der Waals surface area contributed by atoms with Crippen molar-refractivity contribution in [3.8, 4) is 11.5 Å². The van der Waals surface area contributed by atoms with Crippen molar-refractivity contribution < 1.29 is 19.0 Å². The van der Waals surface area contributed by atoms with E-state index < -0.39 is 5.60 Å². The lowest BCUT2D eigenvalue weighted by atomic mass is 9.96. The van der Waals surface area contributed by atoms with E-state index in [1.807, 2.05) is 85.8 Å². The summed E-state index contributed by atoms with van der Waals surface area (Å²) in [4.78, 5) is 12.8. The predicted octanol–water partition coefficient (Wildman–Crippen LogP) is 6.72. The zero-order valence-corrected chi connectivity index (χ0v) is 20.0. The molecule has 0 N–H and O–H groups in total. The van der Waals surface area contributed by atoms with Gasteiger partial charge in [0.2, 0.25) is 5.60 Å². The van der Waals surface area contributed by atoms with Crippen LogP contribution in [0.4, 0.5) is 0 Å². The molecule has 4 heteroatoms. The van der Waals surface area contributed by atoms with Gasteiger partial charge in [-0.1, -0.05) is 68.4 Å². The van der Waals surface area contributed by atoms with Crippen molar-refractivity contribution in [2.45, 2.75) is 58.7 Å². The van der Waals surface area contributed by atoms with Gasteiger partial charge in [-0.05, 0) is 67.1 Å². The van der Waals surface area contributed by atoms with E-state index in [-0.39, 0.29) is 5.97 Å². The Morgan fingerprint density at radius 3 is 2.09 bits per heavy atom. The van der Waals surface area contributed by atoms with Crippen LogP contribution in [0.15, 0.2) is 78.9 Å². The second kappa shape index (κ2) is 11.6. The van der Waals surface area contributed by atoms with Crippen molar-refractivity contribution in [3.05, 3.63) is 95.6 Å². The van der Waals surface area contributed by atoms with Crippen molar-refractivity contribution in [3.63, 3.8) is 0 Å². The summed E-state index contributed by atoms with van der Waals surface area (Å²) in [6.07, 6.45) is 1.18. The first kappa shape index (κ1) is 24.4. The second-order valence-electron chi connectivity index (χ2n) is 8.70. The number of aryl methyl sites for hydroxylation is 1. The molecule has 0 spiro atoms. The molecule has 0 bridgehead atoms. The van der Waals surface area contributed by atoms with E-state index in [1.54, 1.807) is 6.92 Å². The van der Waals surface area contributed by atoms with Gasteiger partial charge in [-0.2, -0.15) is 0 Å². The fraction of sp³-hybridized carbons (Fsp3) is 0.345. The van der Waals surface area contributed by atoms with Gasteiger partial charge in [-0.3, -0.25) is 0 Å². The van der Waals surface area contributed by atoms with Gasteiger partial charge in [0.25, 0.3) is 0 Å². The standard InChI is InChI=1S/C29H34O4/c1-5-31-28(30)29(4,33-27-17-13-25(14-18-27)22(2)3)20-19-23-11-15-26(16-12-23)32-21-24-9-7-6-8-10-24/h6-18,22H,5,19-21H2,1-4H3. The van der Waals surface area contributed by atoms with Crippen molar-refractivity contribution >= 4 is 5.97 Å². The lowest BCUT2D eigenvalue weighted by Crippen LogP contribution is -2.43. The number of ether oxygens (including phenoxy) is 3. The lowest BCUT2D eigenvalue weighted by Gasteiger charge is -2.28. The summed E-state index contributed by atoms with van der Waals surface area (Å²) in [5.74, 6) is 1.58. The molecule has 1 atom stereocenters. The highest BCUT2D eigenvalue weighted by molar-refractivity contribution is 5.79. The first-order valence-electron chi connectivity index (χ1n) is 11.6. The minimum Gasteiger partial charge on any atom is -0.489 e. The van der Waals surface area contributed by atoms with Crippen molar-refractivity contribution in [2.24, 2.45) is 0 Å². The minimum absolute atomic E-state index is 0.317. The highest BCUT2D eigenvalue weighted by Gasteiger charge is 2.37. The number of carbonyl (C=O) groups excluding carboxylic acids is 1. The second-order valence-corrected chi connectivity index (χ2v) is 8.70. The molecule has 0 aliphatic carbocycles. The van der Waals surface area contributed by atoms with Crippen LogP contribution in [0.1, 0.15) is 56.7 Å². The van der Waals surface area contributed by atoms with Crippen LogP contribution in [-0.4, -0.2) is 18.2 Å². The van der Waals surface area contributed by atoms with Gasteiger partial charge in [0, 0.05) is 6.42 Å². The fourth-order valence-electron chi connectivity index (χ4n) is 3.54. The summed E-state index contributed by atoms with van der Waals surface area (Å²) in [5, 5.41) is 0. The zero-order valence-electron chi connectivity index (χ0n) is 20.0. The van der Waals surface area contributed by atoms with E-state index in [0.717, 1.165) is 16.9 Å². The summed E-state index contributed by atoms with van der Waals surface area (Å²) >= 11 is 0. The van der Waals surface area contributed by atoms with E-state index in [9.17, 15) is 4.79 Å². The Morgan fingerprint density at radius 2 is 1.48 bits per heavy atom.